The van der Waals surface area contributed by atoms with Crippen molar-refractivity contribution in [3.63, 3.8) is 0 Å². The van der Waals surface area contributed by atoms with E-state index in [9.17, 15) is 4.79 Å². The first-order valence-corrected chi connectivity index (χ1v) is 7.14. The van der Waals surface area contributed by atoms with Gasteiger partial charge in [0, 0.05) is 19.8 Å². The minimum absolute atomic E-state index is 0.0693. The Hall–Kier alpha value is -1.39. The van der Waals surface area contributed by atoms with Crippen LogP contribution in [0.5, 0.6) is 0 Å². The minimum Gasteiger partial charge on any atom is -0.381 e. The largest absolute Gasteiger partial charge is 0.381 e. The Labute approximate surface area is 120 Å². The maximum atomic E-state index is 12.3. The monoisotopic (exact) mass is 276 g/mol. The van der Waals surface area contributed by atoms with Crippen LogP contribution in [0.1, 0.15) is 35.1 Å². The van der Waals surface area contributed by atoms with E-state index in [-0.39, 0.29) is 5.91 Å². The lowest BCUT2D eigenvalue weighted by Gasteiger charge is -2.32. The van der Waals surface area contributed by atoms with Gasteiger partial charge in [0.25, 0.3) is 0 Å². The van der Waals surface area contributed by atoms with Crippen LogP contribution in [0.15, 0.2) is 12.1 Å². The Kier molecular flexibility index (Phi) is 4.45. The van der Waals surface area contributed by atoms with Crippen LogP contribution in [0.4, 0.5) is 0 Å². The van der Waals surface area contributed by atoms with Crippen LogP contribution in [-0.2, 0) is 16.1 Å². The highest BCUT2D eigenvalue weighted by Gasteiger charge is 2.35. The Balaban J connectivity index is 2.03. The Morgan fingerprint density at radius 3 is 2.35 bits per heavy atom. The lowest BCUT2D eigenvalue weighted by Crippen LogP contribution is -2.56. The molecule has 4 heteroatoms. The molecule has 0 aromatic heterocycles. The number of nitrogens with two attached hydrogens (primary N) is 1. The number of ether oxygens (including phenoxy) is 1. The van der Waals surface area contributed by atoms with Gasteiger partial charge >= 0.3 is 0 Å². The molecule has 1 fully saturated rings. The van der Waals surface area contributed by atoms with E-state index in [4.69, 9.17) is 10.5 Å². The molecular formula is C16H24N2O2. The summed E-state index contributed by atoms with van der Waals surface area (Å²) in [6.07, 6.45) is 1.18. The van der Waals surface area contributed by atoms with Gasteiger partial charge in [-0.25, -0.2) is 0 Å². The van der Waals surface area contributed by atoms with Crippen molar-refractivity contribution in [2.75, 3.05) is 13.2 Å². The summed E-state index contributed by atoms with van der Waals surface area (Å²) in [5.41, 5.74) is 10.2. The topological polar surface area (TPSA) is 64.4 Å². The Morgan fingerprint density at radius 2 is 1.80 bits per heavy atom. The van der Waals surface area contributed by atoms with Crippen LogP contribution in [0, 0.1) is 20.8 Å². The van der Waals surface area contributed by atoms with E-state index in [2.05, 4.69) is 38.2 Å². The predicted octanol–water partition coefficient (Wildman–Crippen LogP) is 1.74. The second-order valence-electron chi connectivity index (χ2n) is 5.83. The van der Waals surface area contributed by atoms with Gasteiger partial charge in [0.1, 0.15) is 0 Å². The van der Waals surface area contributed by atoms with E-state index in [1.165, 1.54) is 22.3 Å². The summed E-state index contributed by atoms with van der Waals surface area (Å²) in [6.45, 7) is 7.90. The van der Waals surface area contributed by atoms with Crippen LogP contribution in [0.2, 0.25) is 0 Å². The smallest absolute Gasteiger partial charge is 0.240 e. The lowest BCUT2D eigenvalue weighted by molar-refractivity contribution is -0.129. The zero-order valence-electron chi connectivity index (χ0n) is 12.6. The molecule has 0 spiro atoms. The normalized spacial score (nSPS) is 17.8. The highest BCUT2D eigenvalue weighted by molar-refractivity contribution is 5.86. The van der Waals surface area contributed by atoms with Crippen molar-refractivity contribution in [2.45, 2.75) is 45.7 Å². The Bertz CT molecular complexity index is 482. The van der Waals surface area contributed by atoms with E-state index in [1.54, 1.807) is 0 Å². The molecule has 1 saturated heterocycles. The summed E-state index contributed by atoms with van der Waals surface area (Å²) in [6, 6.07) is 4.28. The molecule has 1 aliphatic rings. The van der Waals surface area contributed by atoms with Gasteiger partial charge in [0.15, 0.2) is 0 Å². The van der Waals surface area contributed by atoms with Crippen molar-refractivity contribution in [3.8, 4) is 0 Å². The molecule has 1 amide bonds. The van der Waals surface area contributed by atoms with Crippen molar-refractivity contribution in [2.24, 2.45) is 5.73 Å². The van der Waals surface area contributed by atoms with Crippen LogP contribution in [0.3, 0.4) is 0 Å². The third kappa shape index (κ3) is 3.19. The molecule has 1 heterocycles. The highest BCUT2D eigenvalue weighted by atomic mass is 16.5. The Morgan fingerprint density at radius 1 is 1.25 bits per heavy atom. The van der Waals surface area contributed by atoms with Crippen LogP contribution in [-0.4, -0.2) is 24.7 Å². The van der Waals surface area contributed by atoms with Gasteiger partial charge in [-0.2, -0.15) is 0 Å². The first kappa shape index (κ1) is 15.0. The molecule has 110 valence electrons. The molecule has 0 aliphatic carbocycles. The molecule has 3 N–H and O–H groups in total. The number of aryl methyl sites for hydroxylation is 3. The zero-order valence-corrected chi connectivity index (χ0v) is 12.6. The van der Waals surface area contributed by atoms with Crippen molar-refractivity contribution >= 4 is 5.91 Å². The van der Waals surface area contributed by atoms with Crippen LogP contribution >= 0.6 is 0 Å². The van der Waals surface area contributed by atoms with Crippen LogP contribution < -0.4 is 11.1 Å². The number of carbonyl (C=O) groups excluding carboxylic acids is 1. The van der Waals surface area contributed by atoms with E-state index >= 15 is 0 Å². The summed E-state index contributed by atoms with van der Waals surface area (Å²) in [7, 11) is 0. The summed E-state index contributed by atoms with van der Waals surface area (Å²) in [5, 5.41) is 2.99. The molecule has 20 heavy (non-hydrogen) atoms. The van der Waals surface area contributed by atoms with E-state index < -0.39 is 5.54 Å². The van der Waals surface area contributed by atoms with Crippen molar-refractivity contribution in [1.82, 2.24) is 5.32 Å². The summed E-state index contributed by atoms with van der Waals surface area (Å²) >= 11 is 0. The molecule has 0 unspecified atom stereocenters. The van der Waals surface area contributed by atoms with Gasteiger partial charge in [-0.1, -0.05) is 17.7 Å². The van der Waals surface area contributed by atoms with Gasteiger partial charge in [-0.15, -0.1) is 0 Å². The van der Waals surface area contributed by atoms with Crippen LogP contribution in [0.25, 0.3) is 0 Å². The number of amides is 1. The molecule has 1 aromatic rings. The third-order valence-electron chi connectivity index (χ3n) is 4.10. The maximum absolute atomic E-state index is 12.3. The fourth-order valence-electron chi connectivity index (χ4n) is 2.80. The quantitative estimate of drug-likeness (QED) is 0.884. The molecular weight excluding hydrogens is 252 g/mol. The minimum atomic E-state index is -0.773. The number of benzene rings is 1. The summed E-state index contributed by atoms with van der Waals surface area (Å²) < 4.78 is 5.27. The molecule has 0 saturated carbocycles. The molecule has 2 rings (SSSR count). The van der Waals surface area contributed by atoms with Gasteiger partial charge in [-0.3, -0.25) is 4.79 Å². The second kappa shape index (κ2) is 5.94. The van der Waals surface area contributed by atoms with E-state index in [0.717, 1.165) is 0 Å². The summed E-state index contributed by atoms with van der Waals surface area (Å²) in [5.74, 6) is -0.0693. The molecule has 1 aromatic carbocycles. The van der Waals surface area contributed by atoms with Gasteiger partial charge in [0.05, 0.1) is 5.54 Å². The fourth-order valence-corrected chi connectivity index (χ4v) is 2.80. The number of carbonyl (C=O) groups is 1. The predicted molar refractivity (Wildman–Crippen MR) is 79.5 cm³/mol. The zero-order chi connectivity index (χ0) is 14.8. The van der Waals surface area contributed by atoms with Crippen molar-refractivity contribution in [3.05, 3.63) is 34.4 Å². The average molecular weight is 276 g/mol. The summed E-state index contributed by atoms with van der Waals surface area (Å²) in [4.78, 5) is 12.3. The first-order valence-electron chi connectivity index (χ1n) is 7.14. The van der Waals surface area contributed by atoms with Crippen molar-refractivity contribution < 1.29 is 9.53 Å². The maximum Gasteiger partial charge on any atom is 0.240 e. The SMILES string of the molecule is Cc1cc(C)c(CNC(=O)C2(N)CCOCC2)c(C)c1. The lowest BCUT2D eigenvalue weighted by atomic mass is 9.90. The third-order valence-corrected chi connectivity index (χ3v) is 4.10. The number of rotatable bonds is 3. The second-order valence-corrected chi connectivity index (χ2v) is 5.83. The molecule has 0 bridgehead atoms. The van der Waals surface area contributed by atoms with Gasteiger partial charge in [-0.05, 0) is 50.3 Å². The molecule has 1 aliphatic heterocycles. The standard InChI is InChI=1S/C16H24N2O2/c1-11-8-12(2)14(13(3)9-11)10-18-15(19)16(17)4-6-20-7-5-16/h8-9H,4-7,10,17H2,1-3H3,(H,18,19). The first-order chi connectivity index (χ1) is 9.42. The van der Waals surface area contributed by atoms with Crippen molar-refractivity contribution in [1.29, 1.82) is 0 Å². The van der Waals surface area contributed by atoms with Gasteiger partial charge in [0.2, 0.25) is 5.91 Å². The average Bonchev–Trinajstić information content (AvgIpc) is 2.38. The fraction of sp³-hybridized carbons (Fsp3) is 0.562. The van der Waals surface area contributed by atoms with E-state index in [1.807, 2.05) is 0 Å². The van der Waals surface area contributed by atoms with Gasteiger partial charge < -0.3 is 15.8 Å². The number of hydrogen-bond donors (Lipinski definition) is 2. The highest BCUT2D eigenvalue weighted by Crippen LogP contribution is 2.19. The number of hydrogen-bond acceptors (Lipinski definition) is 3. The molecule has 0 atom stereocenters. The van der Waals surface area contributed by atoms with E-state index in [0.29, 0.717) is 32.6 Å². The molecule has 4 nitrogen and oxygen atoms in total. The number of nitrogens with one attached hydrogen (secondary N) is 1. The molecule has 0 radical (unpaired) electrons.